The first-order valence-electron chi connectivity index (χ1n) is 4.30. The fourth-order valence-corrected chi connectivity index (χ4v) is 1.38. The lowest BCUT2D eigenvalue weighted by Crippen LogP contribution is -1.98. The number of halogens is 1. The Morgan fingerprint density at radius 1 is 1.50 bits per heavy atom. The van der Waals surface area contributed by atoms with Gasteiger partial charge in [-0.3, -0.25) is 4.79 Å². The second-order valence-corrected chi connectivity index (χ2v) is 3.36. The maximum absolute atomic E-state index is 10.5. The molecule has 0 radical (unpaired) electrons. The number of aldehydes is 1. The molecule has 0 bridgehead atoms. The van der Waals surface area contributed by atoms with Crippen molar-refractivity contribution in [3.63, 3.8) is 0 Å². The zero-order valence-corrected chi connectivity index (χ0v) is 8.72. The van der Waals surface area contributed by atoms with Crippen LogP contribution in [0.15, 0.2) is 24.7 Å². The van der Waals surface area contributed by atoms with E-state index in [1.165, 1.54) is 29.3 Å². The Labute approximate surface area is 95.9 Å². The highest BCUT2D eigenvalue weighted by molar-refractivity contribution is 6.29. The van der Waals surface area contributed by atoms with Crippen molar-refractivity contribution >= 4 is 17.9 Å². The highest BCUT2D eigenvalue weighted by Gasteiger charge is 2.07. The maximum atomic E-state index is 10.5. The summed E-state index contributed by atoms with van der Waals surface area (Å²) in [7, 11) is 0. The molecule has 0 aliphatic heterocycles. The zero-order chi connectivity index (χ0) is 11.5. The van der Waals surface area contributed by atoms with Crippen molar-refractivity contribution in [1.29, 1.82) is 5.26 Å². The smallest absolute Gasteiger partial charge is 0.153 e. The van der Waals surface area contributed by atoms with E-state index < -0.39 is 0 Å². The molecule has 5 nitrogen and oxygen atoms in total. The Kier molecular flexibility index (Phi) is 2.66. The van der Waals surface area contributed by atoms with Crippen LogP contribution in [0, 0.1) is 11.3 Å². The SMILES string of the molecule is N#Cc1cnc(Cl)cc1-n1cc(C=O)cn1. The molecule has 2 rings (SSSR count). The lowest BCUT2D eigenvalue weighted by atomic mass is 10.2. The van der Waals surface area contributed by atoms with Gasteiger partial charge in [-0.15, -0.1) is 0 Å². The van der Waals surface area contributed by atoms with Crippen LogP contribution in [0.1, 0.15) is 15.9 Å². The number of nitriles is 1. The van der Waals surface area contributed by atoms with Crippen LogP contribution in [-0.2, 0) is 0 Å². The highest BCUT2D eigenvalue weighted by atomic mass is 35.5. The number of carbonyl (C=O) groups excluding carboxylic acids is 1. The largest absolute Gasteiger partial charge is 0.298 e. The summed E-state index contributed by atoms with van der Waals surface area (Å²) in [4.78, 5) is 14.3. The van der Waals surface area contributed by atoms with Crippen LogP contribution in [0.4, 0.5) is 0 Å². The van der Waals surface area contributed by atoms with E-state index in [0.29, 0.717) is 23.1 Å². The van der Waals surface area contributed by atoms with Crippen molar-refractivity contribution < 1.29 is 4.79 Å². The number of hydrogen-bond donors (Lipinski definition) is 0. The van der Waals surface area contributed by atoms with Gasteiger partial charge in [-0.05, 0) is 0 Å². The van der Waals surface area contributed by atoms with E-state index in [9.17, 15) is 4.79 Å². The van der Waals surface area contributed by atoms with Crippen molar-refractivity contribution in [1.82, 2.24) is 14.8 Å². The standard InChI is InChI=1S/C10H5ClN4O/c11-10-1-9(8(2-12)4-13-10)15-5-7(6-16)3-14-15/h1,3-6H. The minimum absolute atomic E-state index is 0.261. The summed E-state index contributed by atoms with van der Waals surface area (Å²) >= 11 is 5.73. The van der Waals surface area contributed by atoms with Crippen LogP contribution in [0.3, 0.4) is 0 Å². The molecule has 2 aromatic rings. The second kappa shape index (κ2) is 4.13. The highest BCUT2D eigenvalue weighted by Crippen LogP contribution is 2.16. The first kappa shape index (κ1) is 10.3. The quantitative estimate of drug-likeness (QED) is 0.582. The molecule has 2 heterocycles. The Morgan fingerprint density at radius 2 is 2.31 bits per heavy atom. The summed E-state index contributed by atoms with van der Waals surface area (Å²) in [6.07, 6.45) is 4.96. The number of hydrogen-bond acceptors (Lipinski definition) is 4. The van der Waals surface area contributed by atoms with Crippen LogP contribution < -0.4 is 0 Å². The summed E-state index contributed by atoms with van der Waals surface area (Å²) in [6.45, 7) is 0. The van der Waals surface area contributed by atoms with E-state index in [4.69, 9.17) is 16.9 Å². The van der Waals surface area contributed by atoms with Crippen LogP contribution >= 0.6 is 11.6 Å². The molecule has 0 aliphatic carbocycles. The van der Waals surface area contributed by atoms with E-state index >= 15 is 0 Å². The van der Waals surface area contributed by atoms with Crippen molar-refractivity contribution in [3.8, 4) is 11.8 Å². The molecule has 0 saturated carbocycles. The minimum Gasteiger partial charge on any atom is -0.298 e. The number of nitrogens with zero attached hydrogens (tertiary/aromatic N) is 4. The van der Waals surface area contributed by atoms with E-state index in [2.05, 4.69) is 10.1 Å². The fourth-order valence-electron chi connectivity index (χ4n) is 1.23. The first-order valence-corrected chi connectivity index (χ1v) is 4.68. The summed E-state index contributed by atoms with van der Waals surface area (Å²) in [5.41, 5.74) is 1.26. The second-order valence-electron chi connectivity index (χ2n) is 2.97. The molecule has 16 heavy (non-hydrogen) atoms. The molecule has 0 aliphatic rings. The predicted octanol–water partition coefficient (Wildman–Crippen LogP) is 1.60. The van der Waals surface area contributed by atoms with Crippen LogP contribution in [0.5, 0.6) is 0 Å². The van der Waals surface area contributed by atoms with Gasteiger partial charge >= 0.3 is 0 Å². The van der Waals surface area contributed by atoms with E-state index in [1.54, 1.807) is 0 Å². The minimum atomic E-state index is 0.261. The van der Waals surface area contributed by atoms with E-state index in [-0.39, 0.29) is 5.15 Å². The van der Waals surface area contributed by atoms with Gasteiger partial charge in [0.2, 0.25) is 0 Å². The van der Waals surface area contributed by atoms with Gasteiger partial charge in [-0.25, -0.2) is 9.67 Å². The molecule has 0 unspecified atom stereocenters. The van der Waals surface area contributed by atoms with Crippen molar-refractivity contribution in [3.05, 3.63) is 40.9 Å². The molecule has 0 atom stereocenters. The Balaban J connectivity index is 2.58. The molecule has 0 aromatic carbocycles. The number of rotatable bonds is 2. The molecular formula is C10H5ClN4O. The third kappa shape index (κ3) is 1.78. The summed E-state index contributed by atoms with van der Waals surface area (Å²) in [6, 6.07) is 3.49. The predicted molar refractivity (Wildman–Crippen MR) is 56.5 cm³/mol. The average Bonchev–Trinajstić information content (AvgIpc) is 2.77. The molecule has 0 N–H and O–H groups in total. The van der Waals surface area contributed by atoms with Gasteiger partial charge in [-0.1, -0.05) is 11.6 Å². The normalized spacial score (nSPS) is 9.75. The number of aromatic nitrogens is 3. The third-order valence-corrected chi connectivity index (χ3v) is 2.16. The molecule has 6 heteroatoms. The summed E-state index contributed by atoms with van der Waals surface area (Å²) in [5, 5.41) is 13.1. The van der Waals surface area contributed by atoms with Gasteiger partial charge in [0.25, 0.3) is 0 Å². The van der Waals surface area contributed by atoms with Gasteiger partial charge in [0.15, 0.2) is 6.29 Å². The Bertz CT molecular complexity index is 585. The maximum Gasteiger partial charge on any atom is 0.153 e. The monoisotopic (exact) mass is 232 g/mol. The number of carbonyl (C=O) groups is 1. The van der Waals surface area contributed by atoms with Gasteiger partial charge in [0.1, 0.15) is 11.2 Å². The van der Waals surface area contributed by atoms with Gasteiger partial charge < -0.3 is 0 Å². The van der Waals surface area contributed by atoms with Gasteiger partial charge in [0, 0.05) is 18.5 Å². The van der Waals surface area contributed by atoms with Gasteiger partial charge in [0.05, 0.1) is 23.0 Å². The third-order valence-electron chi connectivity index (χ3n) is 1.95. The van der Waals surface area contributed by atoms with Crippen molar-refractivity contribution in [2.75, 3.05) is 0 Å². The summed E-state index contributed by atoms with van der Waals surface area (Å²) < 4.78 is 1.41. The van der Waals surface area contributed by atoms with Crippen LogP contribution in [0.25, 0.3) is 5.69 Å². The zero-order valence-electron chi connectivity index (χ0n) is 7.96. The molecule has 0 saturated heterocycles. The van der Waals surface area contributed by atoms with Crippen molar-refractivity contribution in [2.24, 2.45) is 0 Å². The fraction of sp³-hybridized carbons (Fsp3) is 0. The average molecular weight is 233 g/mol. The Morgan fingerprint density at radius 3 is 2.94 bits per heavy atom. The topological polar surface area (TPSA) is 71.6 Å². The lowest BCUT2D eigenvalue weighted by molar-refractivity contribution is 0.112. The first-order chi connectivity index (χ1) is 7.74. The molecule has 0 amide bonds. The number of pyridine rings is 1. The molecular weight excluding hydrogens is 228 g/mol. The van der Waals surface area contributed by atoms with Gasteiger partial charge in [-0.2, -0.15) is 10.4 Å². The molecule has 0 spiro atoms. The van der Waals surface area contributed by atoms with Crippen LogP contribution in [-0.4, -0.2) is 21.1 Å². The van der Waals surface area contributed by atoms with Crippen LogP contribution in [0.2, 0.25) is 5.15 Å². The summed E-state index contributed by atoms with van der Waals surface area (Å²) in [5.74, 6) is 0. The van der Waals surface area contributed by atoms with E-state index in [0.717, 1.165) is 0 Å². The molecule has 2 aromatic heterocycles. The molecule has 0 fully saturated rings. The molecule has 78 valence electrons. The lowest BCUT2D eigenvalue weighted by Gasteiger charge is -2.03. The Hall–Kier alpha value is -2.19. The van der Waals surface area contributed by atoms with Crippen molar-refractivity contribution in [2.45, 2.75) is 0 Å². The van der Waals surface area contributed by atoms with E-state index in [1.807, 2.05) is 6.07 Å².